The van der Waals surface area contributed by atoms with Crippen molar-refractivity contribution in [1.82, 2.24) is 0 Å². The normalized spacial score (nSPS) is 11.3. The first-order chi connectivity index (χ1) is 10.3. The van der Waals surface area contributed by atoms with Crippen LogP contribution in [-0.4, -0.2) is 45.2 Å². The van der Waals surface area contributed by atoms with Crippen molar-refractivity contribution in [2.75, 3.05) is 38.4 Å². The number of carbonyl (C=O) groups excluding carboxylic acids is 1. The van der Waals surface area contributed by atoms with Crippen LogP contribution in [0.3, 0.4) is 0 Å². The van der Waals surface area contributed by atoms with E-state index in [4.69, 9.17) is 14.2 Å². The lowest BCUT2D eigenvalue weighted by Crippen LogP contribution is -2.39. The van der Waals surface area contributed by atoms with Crippen molar-refractivity contribution in [2.24, 2.45) is 0 Å². The molecule has 0 saturated carbocycles. The van der Waals surface area contributed by atoms with Crippen LogP contribution < -0.4 is 4.90 Å². The molecule has 0 spiro atoms. The first kappa shape index (κ1) is 19.2. The van der Waals surface area contributed by atoms with E-state index < -0.39 is 5.60 Å². The number of anilines is 1. The highest BCUT2D eigenvalue weighted by Gasteiger charge is 2.23. The monoisotopic (exact) mass is 421 g/mol. The van der Waals surface area contributed by atoms with Crippen LogP contribution in [0.15, 0.2) is 24.3 Å². The average molecular weight is 421 g/mol. The molecule has 5 nitrogen and oxygen atoms in total. The highest BCUT2D eigenvalue weighted by atomic mass is 127. The second-order valence-corrected chi connectivity index (χ2v) is 6.96. The van der Waals surface area contributed by atoms with Gasteiger partial charge in [0.1, 0.15) is 5.60 Å². The zero-order valence-corrected chi connectivity index (χ0v) is 15.8. The van der Waals surface area contributed by atoms with E-state index in [1.165, 1.54) is 0 Å². The quantitative estimate of drug-likeness (QED) is 0.498. The number of hydrogen-bond donors (Lipinski definition) is 0. The maximum Gasteiger partial charge on any atom is 0.414 e. The predicted molar refractivity (Wildman–Crippen MR) is 95.4 cm³/mol. The van der Waals surface area contributed by atoms with Crippen LogP contribution in [0.5, 0.6) is 0 Å². The van der Waals surface area contributed by atoms with Crippen LogP contribution in [0.4, 0.5) is 10.5 Å². The molecular formula is C16H24INO4. The number of nitrogens with zero attached hydrogens (tertiary/aromatic N) is 1. The Morgan fingerprint density at radius 2 is 1.95 bits per heavy atom. The summed E-state index contributed by atoms with van der Waals surface area (Å²) in [7, 11) is 1.63. The molecule has 0 radical (unpaired) electrons. The van der Waals surface area contributed by atoms with Crippen LogP contribution in [-0.2, 0) is 14.2 Å². The van der Waals surface area contributed by atoms with Gasteiger partial charge in [-0.15, -0.1) is 0 Å². The molecule has 0 unspecified atom stereocenters. The molecule has 1 amide bonds. The molecule has 1 aromatic rings. The molecule has 0 bridgehead atoms. The first-order valence-corrected chi connectivity index (χ1v) is 8.24. The van der Waals surface area contributed by atoms with Gasteiger partial charge >= 0.3 is 6.09 Å². The summed E-state index contributed by atoms with van der Waals surface area (Å²) >= 11 is 2.22. The van der Waals surface area contributed by atoms with Gasteiger partial charge in [0.05, 0.1) is 26.4 Å². The number of rotatable bonds is 7. The van der Waals surface area contributed by atoms with E-state index >= 15 is 0 Å². The Kier molecular flexibility index (Phi) is 8.13. The smallest absolute Gasteiger partial charge is 0.414 e. The maximum absolute atomic E-state index is 12.4. The van der Waals surface area contributed by atoms with Gasteiger partial charge in [-0.3, -0.25) is 4.90 Å². The Balaban J connectivity index is 2.74. The summed E-state index contributed by atoms with van der Waals surface area (Å²) in [6.07, 6.45) is -0.371. The van der Waals surface area contributed by atoms with E-state index in [1.807, 2.05) is 45.0 Å². The minimum absolute atomic E-state index is 0.371. The van der Waals surface area contributed by atoms with E-state index in [1.54, 1.807) is 12.0 Å². The van der Waals surface area contributed by atoms with Crippen molar-refractivity contribution in [2.45, 2.75) is 26.4 Å². The zero-order valence-electron chi connectivity index (χ0n) is 13.6. The molecule has 1 aromatic carbocycles. The lowest BCUT2D eigenvalue weighted by molar-refractivity contribution is 0.0528. The lowest BCUT2D eigenvalue weighted by atomic mass is 10.2. The second kappa shape index (κ2) is 9.32. The van der Waals surface area contributed by atoms with Crippen molar-refractivity contribution in [1.29, 1.82) is 0 Å². The number of halogens is 1. The fraction of sp³-hybridized carbons (Fsp3) is 0.562. The molecule has 0 fully saturated rings. The van der Waals surface area contributed by atoms with Gasteiger partial charge in [0.15, 0.2) is 0 Å². The molecular weight excluding hydrogens is 397 g/mol. The molecule has 0 atom stereocenters. The summed E-state index contributed by atoms with van der Waals surface area (Å²) in [4.78, 5) is 14.0. The molecule has 0 aliphatic heterocycles. The lowest BCUT2D eigenvalue weighted by Gasteiger charge is -2.27. The van der Waals surface area contributed by atoms with Crippen LogP contribution in [0.25, 0.3) is 0 Å². The summed E-state index contributed by atoms with van der Waals surface area (Å²) in [5, 5.41) is 0. The van der Waals surface area contributed by atoms with Gasteiger partial charge in [0.2, 0.25) is 0 Å². The Morgan fingerprint density at radius 1 is 1.23 bits per heavy atom. The van der Waals surface area contributed by atoms with Gasteiger partial charge in [-0.2, -0.15) is 0 Å². The topological polar surface area (TPSA) is 48.0 Å². The van der Waals surface area contributed by atoms with Crippen LogP contribution in [0.1, 0.15) is 20.8 Å². The van der Waals surface area contributed by atoms with Gasteiger partial charge in [0, 0.05) is 16.4 Å². The molecule has 6 heteroatoms. The molecule has 124 valence electrons. The molecule has 0 heterocycles. The molecule has 0 N–H and O–H groups in total. The Morgan fingerprint density at radius 3 is 2.55 bits per heavy atom. The third kappa shape index (κ3) is 7.42. The number of ether oxygens (including phenoxy) is 3. The van der Waals surface area contributed by atoms with E-state index in [2.05, 4.69) is 22.6 Å². The fourth-order valence-electron chi connectivity index (χ4n) is 1.69. The number of hydrogen-bond acceptors (Lipinski definition) is 4. The van der Waals surface area contributed by atoms with Crippen LogP contribution >= 0.6 is 22.6 Å². The standard InChI is InChI=1S/C16H24INO4/c1-16(2,3)22-15(19)18(8-9-21-11-10-20-4)14-7-5-6-13(17)12-14/h5-7,12H,8-11H2,1-4H3. The summed E-state index contributed by atoms with van der Waals surface area (Å²) in [5.74, 6) is 0. The molecule has 22 heavy (non-hydrogen) atoms. The van der Waals surface area contributed by atoms with Gasteiger partial charge in [-0.05, 0) is 61.6 Å². The molecule has 0 aromatic heterocycles. The first-order valence-electron chi connectivity index (χ1n) is 7.16. The van der Waals surface area contributed by atoms with Crippen molar-refractivity contribution in [3.8, 4) is 0 Å². The average Bonchev–Trinajstić information content (AvgIpc) is 2.40. The Labute approximate surface area is 146 Å². The summed E-state index contributed by atoms with van der Waals surface area (Å²) in [6, 6.07) is 7.73. The molecule has 1 rings (SSSR count). The van der Waals surface area contributed by atoms with Crippen molar-refractivity contribution in [3.05, 3.63) is 27.8 Å². The molecule has 0 aliphatic carbocycles. The minimum Gasteiger partial charge on any atom is -0.443 e. The van der Waals surface area contributed by atoms with Crippen LogP contribution in [0, 0.1) is 3.57 Å². The summed E-state index contributed by atoms with van der Waals surface area (Å²) in [6.45, 7) is 7.46. The number of methoxy groups -OCH3 is 1. The highest BCUT2D eigenvalue weighted by Crippen LogP contribution is 2.20. The van der Waals surface area contributed by atoms with Crippen molar-refractivity contribution in [3.63, 3.8) is 0 Å². The van der Waals surface area contributed by atoms with Crippen molar-refractivity contribution < 1.29 is 19.0 Å². The number of amides is 1. The molecule has 0 saturated heterocycles. The van der Waals surface area contributed by atoms with Gasteiger partial charge in [0.25, 0.3) is 0 Å². The maximum atomic E-state index is 12.4. The summed E-state index contributed by atoms with van der Waals surface area (Å²) in [5.41, 5.74) is 0.269. The third-order valence-electron chi connectivity index (χ3n) is 2.62. The van der Waals surface area contributed by atoms with E-state index in [0.717, 1.165) is 9.26 Å². The van der Waals surface area contributed by atoms with Gasteiger partial charge < -0.3 is 14.2 Å². The predicted octanol–water partition coefficient (Wildman–Crippen LogP) is 3.70. The largest absolute Gasteiger partial charge is 0.443 e. The zero-order chi connectivity index (χ0) is 16.6. The Bertz CT molecular complexity index is 473. The number of carbonyl (C=O) groups is 1. The van der Waals surface area contributed by atoms with E-state index in [-0.39, 0.29) is 6.09 Å². The Hall–Kier alpha value is -0.860. The number of benzene rings is 1. The molecule has 0 aliphatic rings. The minimum atomic E-state index is -0.534. The highest BCUT2D eigenvalue weighted by molar-refractivity contribution is 14.1. The fourth-order valence-corrected chi connectivity index (χ4v) is 2.21. The van der Waals surface area contributed by atoms with E-state index in [0.29, 0.717) is 26.4 Å². The van der Waals surface area contributed by atoms with E-state index in [9.17, 15) is 4.79 Å². The summed E-state index contributed by atoms with van der Waals surface area (Å²) < 4.78 is 16.9. The third-order valence-corrected chi connectivity index (χ3v) is 3.30. The SMILES string of the molecule is COCCOCCN(C(=O)OC(C)(C)C)c1cccc(I)c1. The van der Waals surface area contributed by atoms with Crippen LogP contribution in [0.2, 0.25) is 0 Å². The second-order valence-electron chi connectivity index (χ2n) is 5.72. The van der Waals surface area contributed by atoms with Gasteiger partial charge in [-0.25, -0.2) is 4.79 Å². The van der Waals surface area contributed by atoms with Crippen molar-refractivity contribution >= 4 is 34.4 Å². The van der Waals surface area contributed by atoms with Gasteiger partial charge in [-0.1, -0.05) is 6.07 Å².